The Balaban J connectivity index is 2.20. The fourth-order valence-corrected chi connectivity index (χ4v) is 3.91. The molecule has 0 heterocycles. The van der Waals surface area contributed by atoms with E-state index in [1.165, 1.54) is 18.2 Å². The average molecular weight is 419 g/mol. The Bertz CT molecular complexity index is 972. The van der Waals surface area contributed by atoms with Gasteiger partial charge in [0.05, 0.1) is 4.90 Å². The van der Waals surface area contributed by atoms with Crippen LogP contribution in [0.25, 0.3) is 0 Å². The Kier molecular flexibility index (Phi) is 7.35. The molecule has 0 bridgehead atoms. The molecule has 5 N–H and O–H groups in total. The topological polar surface area (TPSA) is 130 Å². The monoisotopic (exact) mass is 418 g/mol. The summed E-state index contributed by atoms with van der Waals surface area (Å²) in [6, 6.07) is 11.1. The van der Waals surface area contributed by atoms with Gasteiger partial charge in [-0.15, -0.1) is 0 Å². The maximum Gasteiger partial charge on any atom is 0.316 e. The molecule has 156 valence electrons. The van der Waals surface area contributed by atoms with Gasteiger partial charge < -0.3 is 16.4 Å². The number of amides is 3. The number of nitrogens with two attached hydrogens (primary N) is 1. The van der Waals surface area contributed by atoms with Crippen LogP contribution in [0.5, 0.6) is 0 Å². The summed E-state index contributed by atoms with van der Waals surface area (Å²) >= 11 is 0. The number of anilines is 2. The van der Waals surface area contributed by atoms with E-state index in [-0.39, 0.29) is 10.8 Å². The molecule has 2 rings (SSSR count). The normalized spacial score (nSPS) is 12.4. The summed E-state index contributed by atoms with van der Waals surface area (Å²) in [6.07, 6.45) is 0.316. The van der Waals surface area contributed by atoms with Crippen molar-refractivity contribution < 1.29 is 18.0 Å². The quantitative estimate of drug-likeness (QED) is 0.525. The fourth-order valence-electron chi connectivity index (χ4n) is 2.70. The predicted molar refractivity (Wildman–Crippen MR) is 113 cm³/mol. The molecule has 29 heavy (non-hydrogen) atoms. The molecule has 0 aromatic heterocycles. The minimum Gasteiger partial charge on any atom is -0.351 e. The maximum absolute atomic E-state index is 12.8. The summed E-state index contributed by atoms with van der Waals surface area (Å²) in [4.78, 5) is 23.9. The fraction of sp³-hybridized carbons (Fsp3) is 0.300. The summed E-state index contributed by atoms with van der Waals surface area (Å²) in [5.74, 6) is -0.417. The van der Waals surface area contributed by atoms with E-state index >= 15 is 0 Å². The van der Waals surface area contributed by atoms with Crippen molar-refractivity contribution in [1.29, 1.82) is 0 Å². The molecular weight excluding hydrogens is 392 g/mol. The molecule has 0 aliphatic heterocycles. The third kappa shape index (κ3) is 6.88. The predicted octanol–water partition coefficient (Wildman–Crippen LogP) is 2.82. The first-order valence-corrected chi connectivity index (χ1v) is 10.6. The number of urea groups is 1. The molecule has 2 aromatic carbocycles. The summed E-state index contributed by atoms with van der Waals surface area (Å²) in [5, 5.41) is 5.11. The Labute approximate surface area is 170 Å². The minimum atomic E-state index is -3.87. The van der Waals surface area contributed by atoms with Gasteiger partial charge in [-0.2, -0.15) is 4.72 Å². The Morgan fingerprint density at radius 1 is 1.00 bits per heavy atom. The van der Waals surface area contributed by atoms with Gasteiger partial charge in [-0.25, -0.2) is 13.2 Å². The average Bonchev–Trinajstić information content (AvgIpc) is 2.60. The van der Waals surface area contributed by atoms with E-state index in [2.05, 4.69) is 15.4 Å². The van der Waals surface area contributed by atoms with E-state index in [1.807, 2.05) is 20.8 Å². The van der Waals surface area contributed by atoms with Crippen molar-refractivity contribution in [3.63, 3.8) is 0 Å². The number of rotatable bonds is 8. The van der Waals surface area contributed by atoms with Crippen molar-refractivity contribution in [1.82, 2.24) is 4.72 Å². The Morgan fingerprint density at radius 3 is 2.14 bits per heavy atom. The van der Waals surface area contributed by atoms with Crippen LogP contribution < -0.4 is 21.1 Å². The van der Waals surface area contributed by atoms with Gasteiger partial charge in [-0.1, -0.05) is 37.6 Å². The molecular formula is C20H26N4O4S. The van der Waals surface area contributed by atoms with Crippen LogP contribution in [0.3, 0.4) is 0 Å². The van der Waals surface area contributed by atoms with Gasteiger partial charge in [-0.05, 0) is 49.6 Å². The number of hydrogen-bond donors (Lipinski definition) is 4. The number of carbonyl (C=O) groups excluding carboxylic acids is 2. The molecule has 0 saturated carbocycles. The second-order valence-electron chi connectivity index (χ2n) is 7.18. The SMILES string of the molecule is Cc1ccc(S(=O)(=O)NC(CC(C)C)C(=O)Nc2cccc(NC(N)=O)c2)cc1. The second kappa shape index (κ2) is 9.53. The van der Waals surface area contributed by atoms with E-state index in [9.17, 15) is 18.0 Å². The molecule has 8 nitrogen and oxygen atoms in total. The molecule has 2 aromatic rings. The van der Waals surface area contributed by atoms with Gasteiger partial charge in [-0.3, -0.25) is 4.79 Å². The van der Waals surface area contributed by atoms with E-state index < -0.39 is 28.0 Å². The third-order valence-corrected chi connectivity index (χ3v) is 5.54. The molecule has 3 amide bonds. The molecule has 0 radical (unpaired) electrons. The number of benzene rings is 2. The first kappa shape index (κ1) is 22.4. The van der Waals surface area contributed by atoms with Gasteiger partial charge in [0.1, 0.15) is 6.04 Å². The lowest BCUT2D eigenvalue weighted by atomic mass is 10.0. The molecule has 0 aliphatic rings. The van der Waals surface area contributed by atoms with Crippen LogP contribution in [-0.2, 0) is 14.8 Å². The van der Waals surface area contributed by atoms with Crippen LogP contribution in [0.4, 0.5) is 16.2 Å². The number of nitrogens with one attached hydrogen (secondary N) is 3. The molecule has 0 saturated heterocycles. The van der Waals surface area contributed by atoms with Crippen LogP contribution in [0.1, 0.15) is 25.8 Å². The smallest absolute Gasteiger partial charge is 0.316 e. The summed E-state index contributed by atoms with van der Waals surface area (Å²) in [7, 11) is -3.87. The number of sulfonamides is 1. The van der Waals surface area contributed by atoms with E-state index in [1.54, 1.807) is 30.3 Å². The number of carbonyl (C=O) groups is 2. The molecule has 1 unspecified atom stereocenters. The lowest BCUT2D eigenvalue weighted by Crippen LogP contribution is -2.44. The molecule has 0 aliphatic carbocycles. The van der Waals surface area contributed by atoms with Crippen LogP contribution in [0.2, 0.25) is 0 Å². The third-order valence-electron chi connectivity index (χ3n) is 4.05. The first-order chi connectivity index (χ1) is 13.6. The highest BCUT2D eigenvalue weighted by Gasteiger charge is 2.26. The lowest BCUT2D eigenvalue weighted by Gasteiger charge is -2.20. The summed E-state index contributed by atoms with van der Waals surface area (Å²) in [5.41, 5.74) is 6.85. The van der Waals surface area contributed by atoms with Gasteiger partial charge in [0.15, 0.2) is 0 Å². The van der Waals surface area contributed by atoms with E-state index in [0.717, 1.165) is 5.56 Å². The zero-order valence-electron chi connectivity index (χ0n) is 16.6. The Morgan fingerprint density at radius 2 is 1.59 bits per heavy atom. The number of hydrogen-bond acceptors (Lipinski definition) is 4. The lowest BCUT2D eigenvalue weighted by molar-refractivity contribution is -0.118. The van der Waals surface area contributed by atoms with Crippen molar-refractivity contribution in [2.45, 2.75) is 38.1 Å². The molecule has 9 heteroatoms. The number of aryl methyl sites for hydroxylation is 1. The maximum atomic E-state index is 12.8. The summed E-state index contributed by atoms with van der Waals surface area (Å²) < 4.78 is 27.9. The molecule has 0 fully saturated rings. The first-order valence-electron chi connectivity index (χ1n) is 9.13. The van der Waals surface area contributed by atoms with Crippen LogP contribution in [-0.4, -0.2) is 26.4 Å². The highest BCUT2D eigenvalue weighted by atomic mass is 32.2. The molecule has 1 atom stereocenters. The van der Waals surface area contributed by atoms with Crippen molar-refractivity contribution in [2.75, 3.05) is 10.6 Å². The van der Waals surface area contributed by atoms with Crippen molar-refractivity contribution in [2.24, 2.45) is 11.7 Å². The standard InChI is InChI=1S/C20H26N4O4S/c1-13(2)11-18(24-29(27,28)17-9-7-14(3)8-10-17)19(25)22-15-5-4-6-16(12-15)23-20(21)26/h4-10,12-13,18,24H,11H2,1-3H3,(H,22,25)(H3,21,23,26). The van der Waals surface area contributed by atoms with Crippen molar-refractivity contribution in [3.05, 3.63) is 54.1 Å². The van der Waals surface area contributed by atoms with Gasteiger partial charge in [0, 0.05) is 11.4 Å². The van der Waals surface area contributed by atoms with Crippen LogP contribution in [0.15, 0.2) is 53.4 Å². The van der Waals surface area contributed by atoms with Gasteiger partial charge in [0.2, 0.25) is 15.9 Å². The van der Waals surface area contributed by atoms with Crippen molar-refractivity contribution >= 4 is 33.3 Å². The number of primary amides is 1. The summed E-state index contributed by atoms with van der Waals surface area (Å²) in [6.45, 7) is 5.66. The zero-order chi connectivity index (χ0) is 21.6. The largest absolute Gasteiger partial charge is 0.351 e. The van der Waals surface area contributed by atoms with Crippen LogP contribution in [0, 0.1) is 12.8 Å². The highest BCUT2D eigenvalue weighted by molar-refractivity contribution is 7.89. The van der Waals surface area contributed by atoms with Crippen molar-refractivity contribution in [3.8, 4) is 0 Å². The second-order valence-corrected chi connectivity index (χ2v) is 8.89. The van der Waals surface area contributed by atoms with E-state index in [4.69, 9.17) is 5.73 Å². The molecule has 0 spiro atoms. The van der Waals surface area contributed by atoms with E-state index in [0.29, 0.717) is 17.8 Å². The van der Waals surface area contributed by atoms with Gasteiger partial charge >= 0.3 is 6.03 Å². The van der Waals surface area contributed by atoms with Gasteiger partial charge in [0.25, 0.3) is 0 Å². The zero-order valence-corrected chi connectivity index (χ0v) is 17.4. The Hall–Kier alpha value is -2.91. The minimum absolute atomic E-state index is 0.0781. The van der Waals surface area contributed by atoms with Crippen LogP contribution >= 0.6 is 0 Å². The highest BCUT2D eigenvalue weighted by Crippen LogP contribution is 2.18.